The van der Waals surface area contributed by atoms with Gasteiger partial charge in [-0.3, -0.25) is 0 Å². The molecule has 0 bridgehead atoms. The van der Waals surface area contributed by atoms with Crippen molar-refractivity contribution in [3.05, 3.63) is 41.1 Å². The molecule has 1 aliphatic rings. The van der Waals surface area contributed by atoms with Gasteiger partial charge in [0.15, 0.2) is 11.5 Å². The molecule has 0 aliphatic carbocycles. The molecule has 0 fully saturated rings. The lowest BCUT2D eigenvalue weighted by molar-refractivity contribution is 0.173. The zero-order valence-corrected chi connectivity index (χ0v) is 11.0. The molecule has 1 aromatic carbocycles. The molecule has 0 saturated heterocycles. The molecule has 1 N–H and O–H groups in total. The van der Waals surface area contributed by atoms with Crippen molar-refractivity contribution < 1.29 is 13.9 Å². The van der Waals surface area contributed by atoms with Crippen molar-refractivity contribution in [1.82, 2.24) is 10.3 Å². The summed E-state index contributed by atoms with van der Waals surface area (Å²) in [6, 6.07) is 5.89. The van der Waals surface area contributed by atoms with Gasteiger partial charge in [-0.15, -0.1) is 0 Å². The molecule has 0 amide bonds. The highest BCUT2D eigenvalue weighted by molar-refractivity contribution is 5.48. The van der Waals surface area contributed by atoms with Crippen molar-refractivity contribution in [2.24, 2.45) is 0 Å². The van der Waals surface area contributed by atoms with Crippen LogP contribution in [0.25, 0.3) is 0 Å². The Balaban J connectivity index is 1.62. The molecule has 5 nitrogen and oxygen atoms in total. The van der Waals surface area contributed by atoms with Crippen LogP contribution in [0, 0.1) is 13.8 Å². The van der Waals surface area contributed by atoms with Gasteiger partial charge in [0, 0.05) is 12.1 Å². The maximum atomic E-state index is 5.52. The topological polar surface area (TPSA) is 56.5 Å². The van der Waals surface area contributed by atoms with Gasteiger partial charge >= 0.3 is 0 Å². The predicted octanol–water partition coefficient (Wildman–Crippen LogP) is 2.31. The number of oxazole rings is 1. The molecule has 19 heavy (non-hydrogen) atoms. The van der Waals surface area contributed by atoms with Crippen molar-refractivity contribution in [2.45, 2.75) is 26.9 Å². The molecular weight excluding hydrogens is 244 g/mol. The number of nitrogens with one attached hydrogen (secondary N) is 1. The van der Waals surface area contributed by atoms with Gasteiger partial charge in [0.05, 0.1) is 12.2 Å². The quantitative estimate of drug-likeness (QED) is 0.914. The van der Waals surface area contributed by atoms with Crippen LogP contribution in [0.5, 0.6) is 11.5 Å². The van der Waals surface area contributed by atoms with E-state index >= 15 is 0 Å². The zero-order chi connectivity index (χ0) is 13.2. The smallest absolute Gasteiger partial charge is 0.231 e. The number of nitrogens with zero attached hydrogens (tertiary/aromatic N) is 1. The van der Waals surface area contributed by atoms with Crippen molar-refractivity contribution in [2.75, 3.05) is 6.79 Å². The zero-order valence-electron chi connectivity index (χ0n) is 11.0. The Morgan fingerprint density at radius 2 is 2.11 bits per heavy atom. The third-order valence-electron chi connectivity index (χ3n) is 3.14. The maximum Gasteiger partial charge on any atom is 0.231 e. The summed E-state index contributed by atoms with van der Waals surface area (Å²) in [4.78, 5) is 4.33. The number of para-hydroxylation sites is 1. The average Bonchev–Trinajstić information content (AvgIpc) is 2.98. The number of rotatable bonds is 4. The van der Waals surface area contributed by atoms with Gasteiger partial charge in [-0.05, 0) is 19.9 Å². The van der Waals surface area contributed by atoms with E-state index in [2.05, 4.69) is 10.3 Å². The first-order valence-electron chi connectivity index (χ1n) is 6.25. The van der Waals surface area contributed by atoms with Crippen LogP contribution in [0.2, 0.25) is 0 Å². The van der Waals surface area contributed by atoms with Crippen LogP contribution >= 0.6 is 0 Å². The summed E-state index contributed by atoms with van der Waals surface area (Å²) in [5, 5.41) is 3.30. The number of benzene rings is 1. The number of hydrogen-bond acceptors (Lipinski definition) is 5. The van der Waals surface area contributed by atoms with E-state index in [0.29, 0.717) is 25.8 Å². The number of ether oxygens (including phenoxy) is 2. The van der Waals surface area contributed by atoms with Crippen molar-refractivity contribution >= 4 is 0 Å². The Hall–Kier alpha value is -2.01. The molecule has 0 atom stereocenters. The summed E-state index contributed by atoms with van der Waals surface area (Å²) in [6.07, 6.45) is 0. The molecule has 2 aromatic rings. The molecule has 2 heterocycles. The lowest BCUT2D eigenvalue weighted by Gasteiger charge is -2.06. The van der Waals surface area contributed by atoms with E-state index < -0.39 is 0 Å². The van der Waals surface area contributed by atoms with E-state index in [1.807, 2.05) is 32.0 Å². The van der Waals surface area contributed by atoms with Gasteiger partial charge < -0.3 is 19.2 Å². The Kier molecular flexibility index (Phi) is 3.13. The molecule has 1 aromatic heterocycles. The normalized spacial score (nSPS) is 12.9. The lowest BCUT2D eigenvalue weighted by Crippen LogP contribution is -2.13. The van der Waals surface area contributed by atoms with Crippen LogP contribution in [-0.4, -0.2) is 11.8 Å². The number of fused-ring (bicyclic) bond motifs is 1. The van der Waals surface area contributed by atoms with Crippen molar-refractivity contribution in [3.8, 4) is 11.5 Å². The number of aryl methyl sites for hydroxylation is 2. The molecule has 0 spiro atoms. The maximum absolute atomic E-state index is 5.52. The van der Waals surface area contributed by atoms with Gasteiger partial charge in [0.25, 0.3) is 0 Å². The monoisotopic (exact) mass is 260 g/mol. The third-order valence-corrected chi connectivity index (χ3v) is 3.14. The minimum atomic E-state index is 0.296. The van der Waals surface area contributed by atoms with E-state index in [-0.39, 0.29) is 0 Å². The predicted molar refractivity (Wildman–Crippen MR) is 69.1 cm³/mol. The highest BCUT2D eigenvalue weighted by atomic mass is 16.7. The fourth-order valence-electron chi connectivity index (χ4n) is 2.05. The Morgan fingerprint density at radius 1 is 1.21 bits per heavy atom. The van der Waals surface area contributed by atoms with Gasteiger partial charge in [-0.2, -0.15) is 0 Å². The molecular formula is C14H16N2O3. The Bertz CT molecular complexity index is 573. The molecule has 1 aliphatic heterocycles. The van der Waals surface area contributed by atoms with E-state index in [0.717, 1.165) is 28.5 Å². The summed E-state index contributed by atoms with van der Waals surface area (Å²) < 4.78 is 16.3. The first-order valence-corrected chi connectivity index (χ1v) is 6.25. The van der Waals surface area contributed by atoms with Crippen LogP contribution in [0.4, 0.5) is 0 Å². The fourth-order valence-corrected chi connectivity index (χ4v) is 2.05. The molecule has 0 radical (unpaired) electrons. The van der Waals surface area contributed by atoms with Crippen molar-refractivity contribution in [3.63, 3.8) is 0 Å². The van der Waals surface area contributed by atoms with E-state index in [1.54, 1.807) is 0 Å². The molecule has 0 saturated carbocycles. The average molecular weight is 260 g/mol. The molecule has 5 heteroatoms. The molecule has 0 unspecified atom stereocenters. The minimum absolute atomic E-state index is 0.296. The summed E-state index contributed by atoms with van der Waals surface area (Å²) >= 11 is 0. The molecule has 100 valence electrons. The van der Waals surface area contributed by atoms with Gasteiger partial charge in [0.1, 0.15) is 5.76 Å². The number of hydrogen-bond donors (Lipinski definition) is 1. The van der Waals surface area contributed by atoms with Crippen LogP contribution in [-0.2, 0) is 13.1 Å². The van der Waals surface area contributed by atoms with Crippen molar-refractivity contribution in [1.29, 1.82) is 0 Å². The van der Waals surface area contributed by atoms with Gasteiger partial charge in [-0.25, -0.2) is 4.98 Å². The summed E-state index contributed by atoms with van der Waals surface area (Å²) in [5.41, 5.74) is 2.02. The van der Waals surface area contributed by atoms with E-state index in [1.165, 1.54) is 0 Å². The first-order chi connectivity index (χ1) is 9.24. The van der Waals surface area contributed by atoms with Crippen LogP contribution in [0.15, 0.2) is 22.6 Å². The van der Waals surface area contributed by atoms with Gasteiger partial charge in [-0.1, -0.05) is 12.1 Å². The van der Waals surface area contributed by atoms with E-state index in [4.69, 9.17) is 13.9 Å². The SMILES string of the molecule is Cc1nc(CNCc2cccc3c2OCO3)oc1C. The summed E-state index contributed by atoms with van der Waals surface area (Å²) in [5.74, 6) is 3.21. The Labute approximate surface area is 111 Å². The second-order valence-electron chi connectivity index (χ2n) is 4.50. The van der Waals surface area contributed by atoms with Crippen LogP contribution < -0.4 is 14.8 Å². The van der Waals surface area contributed by atoms with E-state index in [9.17, 15) is 0 Å². The standard InChI is InChI=1S/C14H16N2O3/c1-9-10(2)19-13(16-9)7-15-6-11-4-3-5-12-14(11)18-8-17-12/h3-5,15H,6-8H2,1-2H3. The first kappa shape index (κ1) is 12.0. The minimum Gasteiger partial charge on any atom is -0.454 e. The third kappa shape index (κ3) is 2.42. The molecule has 3 rings (SSSR count). The lowest BCUT2D eigenvalue weighted by atomic mass is 10.2. The summed E-state index contributed by atoms with van der Waals surface area (Å²) in [7, 11) is 0. The van der Waals surface area contributed by atoms with Crippen LogP contribution in [0.1, 0.15) is 22.9 Å². The highest BCUT2D eigenvalue weighted by Gasteiger charge is 2.16. The van der Waals surface area contributed by atoms with Crippen LogP contribution in [0.3, 0.4) is 0 Å². The second kappa shape index (κ2) is 4.93. The Morgan fingerprint density at radius 3 is 2.89 bits per heavy atom. The van der Waals surface area contributed by atoms with Gasteiger partial charge in [0.2, 0.25) is 12.7 Å². The second-order valence-corrected chi connectivity index (χ2v) is 4.50. The highest BCUT2D eigenvalue weighted by Crippen LogP contribution is 2.35. The number of aromatic nitrogens is 1. The fraction of sp³-hybridized carbons (Fsp3) is 0.357. The summed E-state index contributed by atoms with van der Waals surface area (Å²) in [6.45, 7) is 5.44. The largest absolute Gasteiger partial charge is 0.454 e.